The van der Waals surface area contributed by atoms with Crippen LogP contribution in [0.5, 0.6) is 0 Å². The molecule has 0 saturated heterocycles. The fourth-order valence-corrected chi connectivity index (χ4v) is 8.81. The van der Waals surface area contributed by atoms with E-state index in [0.29, 0.717) is 74.2 Å². The van der Waals surface area contributed by atoms with Gasteiger partial charge < -0.3 is 41.0 Å². The number of Topliss-reactive ketones (excluding diaryl/α,β-unsaturated/α-hetero) is 1. The van der Waals surface area contributed by atoms with Crippen LogP contribution in [-0.4, -0.2) is 86.3 Å². The van der Waals surface area contributed by atoms with E-state index in [4.69, 9.17) is 55.3 Å². The Balaban J connectivity index is 0. The minimum Gasteiger partial charge on any atom is -1.00 e. The van der Waals surface area contributed by atoms with E-state index < -0.39 is 17.2 Å². The summed E-state index contributed by atoms with van der Waals surface area (Å²) in [4.78, 5) is 54.2. The smallest absolute Gasteiger partial charge is 1.00 e. The maximum absolute atomic E-state index is 13.3. The second-order valence-corrected chi connectivity index (χ2v) is 19.3. The zero-order valence-corrected chi connectivity index (χ0v) is 46.1. The van der Waals surface area contributed by atoms with Gasteiger partial charge in [0.05, 0.1) is 49.1 Å². The minimum atomic E-state index is -1.05. The minimum absolute atomic E-state index is 0. The molecule has 0 bridgehead atoms. The number of hydrogen-bond acceptors (Lipinski definition) is 10. The first kappa shape index (κ1) is 59.4. The number of carbonyl (C=O) groups is 5. The van der Waals surface area contributed by atoms with E-state index >= 15 is 0 Å². The van der Waals surface area contributed by atoms with Gasteiger partial charge in [-0.3, -0.25) is 28.4 Å². The first-order valence-corrected chi connectivity index (χ1v) is 23.9. The molecule has 0 unspecified atom stereocenters. The number of ketones is 1. The van der Waals surface area contributed by atoms with Crippen LogP contribution in [0.15, 0.2) is 72.8 Å². The molecule has 0 radical (unpaired) electrons. The molecule has 4 aliphatic carbocycles. The summed E-state index contributed by atoms with van der Waals surface area (Å²) in [5.41, 5.74) is 1.39. The number of hydrogen-bond donors (Lipinski definition) is 1. The van der Waals surface area contributed by atoms with Crippen LogP contribution in [0.25, 0.3) is 0 Å². The third-order valence-electron chi connectivity index (χ3n) is 12.5. The fraction of sp³-hybridized carbons (Fsp3) is 0.442. The van der Waals surface area contributed by atoms with Crippen LogP contribution < -0.4 is 17.0 Å². The predicted octanol–water partition coefficient (Wildman–Crippen LogP) is 9.88. The quantitative estimate of drug-likeness (QED) is 0.0507. The molecule has 4 aromatic carbocycles. The van der Waals surface area contributed by atoms with Crippen LogP contribution in [-0.2, 0) is 48.5 Å². The van der Waals surface area contributed by atoms with E-state index in [1.54, 1.807) is 24.3 Å². The maximum atomic E-state index is 13.3. The van der Waals surface area contributed by atoms with Crippen molar-refractivity contribution in [1.82, 2.24) is 0 Å². The Kier molecular flexibility index (Phi) is 25.9. The van der Waals surface area contributed by atoms with Gasteiger partial charge in [0.15, 0.2) is 0 Å². The molecule has 4 aromatic rings. The number of carbonyl (C=O) groups excluding carboxylic acids is 5. The Morgan fingerprint density at radius 2 is 0.958 bits per heavy atom. The van der Waals surface area contributed by atoms with Crippen molar-refractivity contribution in [3.63, 3.8) is 0 Å². The monoisotopic (exact) mass is 1170 g/mol. The average Bonchev–Trinajstić information content (AvgIpc) is 3.38. The molecule has 72 heavy (non-hydrogen) atoms. The summed E-state index contributed by atoms with van der Waals surface area (Å²) in [5, 5.41) is 10.8. The van der Waals surface area contributed by atoms with Crippen LogP contribution in [0.3, 0.4) is 0 Å². The number of methoxy groups -OCH3 is 4. The Labute approximate surface area is 473 Å². The molecule has 20 heteroatoms. The molecule has 0 spiro atoms. The van der Waals surface area contributed by atoms with Crippen molar-refractivity contribution in [2.45, 2.75) is 94.5 Å². The third kappa shape index (κ3) is 20.3. The van der Waals surface area contributed by atoms with Crippen LogP contribution >= 0.6 is 46.4 Å². The number of halogens is 9. The molecular formula is C52H61BrCl4F4MgO10. The second kappa shape index (κ2) is 31.4. The van der Waals surface area contributed by atoms with E-state index in [2.05, 4.69) is 25.0 Å². The Bertz CT molecular complexity index is 2360. The Hall–Kier alpha value is -3.48. The van der Waals surface area contributed by atoms with Crippen molar-refractivity contribution in [3.8, 4) is 0 Å². The summed E-state index contributed by atoms with van der Waals surface area (Å²) >= 11 is 22.2. The Morgan fingerprint density at radius 3 is 1.29 bits per heavy atom. The van der Waals surface area contributed by atoms with Gasteiger partial charge in [0.25, 0.3) is 0 Å². The number of esters is 4. The van der Waals surface area contributed by atoms with Crippen molar-refractivity contribution in [3.05, 3.63) is 139 Å². The van der Waals surface area contributed by atoms with E-state index in [1.807, 2.05) is 12.1 Å². The molecule has 4 saturated carbocycles. The number of benzene rings is 4. The molecule has 0 amide bonds. The zero-order valence-electron chi connectivity index (χ0n) is 46.1. The third-order valence-corrected chi connectivity index (χ3v) is 13.8. The summed E-state index contributed by atoms with van der Waals surface area (Å²) in [6.45, 7) is 0. The van der Waals surface area contributed by atoms with E-state index in [9.17, 15) is 46.6 Å². The van der Waals surface area contributed by atoms with E-state index in [-0.39, 0.29) is 120 Å². The number of ether oxygens (including phenoxy) is 4. The van der Waals surface area contributed by atoms with Gasteiger partial charge in [-0.25, -0.2) is 13.2 Å². The first-order valence-electron chi connectivity index (χ1n) is 25.3. The molecule has 4 aliphatic rings. The molecular weight excluding hydrogens is 1110 g/mol. The van der Waals surface area contributed by atoms with Gasteiger partial charge in [-0.05, 0) is 132 Å². The van der Waals surface area contributed by atoms with Gasteiger partial charge in [0.2, 0.25) is 0 Å². The van der Waals surface area contributed by atoms with Crippen molar-refractivity contribution in [2.24, 2.45) is 23.7 Å². The molecule has 394 valence electrons. The molecule has 8 rings (SSSR count). The summed E-state index contributed by atoms with van der Waals surface area (Å²) in [7, 11) is 5.49. The standard InChI is InChI=1S/C13H14ClFO3.2C13H14ClFO2.C7H10O3.C6H3ClF.BrH.Mg.3H2/c1-18-12(16)4-8-6-13(17,7-8)9-2-3-10(14)11(15)5-9;2*1-17-13(16)6-8-4-10(5-8)9-2-3-11(14)12(15)7-9;1-10-7(9)4-5-2-6(8)3-5;7-5-3-1-2-4-6(5)8;;;;;/h2-3,5,8,17H,4,6-7H2,1H3;2*2-3,7-8,10H,4-6H2,1H3;5H,2-4H2,1H3;1,3-4H;1H;;3*1H/q;;;;-1;;+2;;;/p-1/i;;;;;;;3*1+1D. The van der Waals surface area contributed by atoms with Crippen molar-refractivity contribution >= 4 is 99.1 Å². The maximum Gasteiger partial charge on any atom is 2.00 e. The molecule has 4 fully saturated rings. The van der Waals surface area contributed by atoms with Gasteiger partial charge in [-0.1, -0.05) is 53.0 Å². The van der Waals surface area contributed by atoms with Crippen LogP contribution in [0.2, 0.25) is 20.1 Å². The molecule has 0 aliphatic heterocycles. The molecule has 10 nitrogen and oxygen atoms in total. The van der Waals surface area contributed by atoms with Gasteiger partial charge in [-0.15, -0.1) is 23.7 Å². The van der Waals surface area contributed by atoms with Gasteiger partial charge in [0.1, 0.15) is 23.2 Å². The largest absolute Gasteiger partial charge is 2.00 e. The molecule has 0 heterocycles. The first-order chi connectivity index (χ1) is 36.2. The summed E-state index contributed by atoms with van der Waals surface area (Å²) < 4.78 is 100. The Morgan fingerprint density at radius 1 is 0.597 bits per heavy atom. The second-order valence-electron chi connectivity index (χ2n) is 17.6. The van der Waals surface area contributed by atoms with Crippen LogP contribution in [0.4, 0.5) is 17.6 Å². The molecule has 0 atom stereocenters. The van der Waals surface area contributed by atoms with Gasteiger partial charge in [0, 0.05) is 53.3 Å². The van der Waals surface area contributed by atoms with Crippen molar-refractivity contribution in [2.75, 3.05) is 28.4 Å². The summed E-state index contributed by atoms with van der Waals surface area (Å²) in [5.74, 6) is -0.525. The van der Waals surface area contributed by atoms with Crippen LogP contribution in [0, 0.1) is 53.0 Å². The summed E-state index contributed by atoms with van der Waals surface area (Å²) in [6, 6.07) is 20.9. The van der Waals surface area contributed by atoms with Crippen molar-refractivity contribution in [1.29, 1.82) is 0 Å². The predicted molar refractivity (Wildman–Crippen MR) is 268 cm³/mol. The van der Waals surface area contributed by atoms with Gasteiger partial charge >= 0.3 is 46.9 Å². The van der Waals surface area contributed by atoms with E-state index in [1.165, 1.54) is 64.8 Å². The fourth-order valence-electron chi connectivity index (χ4n) is 8.34. The number of aliphatic hydroxyl groups is 1. The van der Waals surface area contributed by atoms with Crippen LogP contribution in [0.1, 0.15) is 114 Å². The normalized spacial score (nSPS) is 21.4. The zero-order chi connectivity index (χ0) is 57.7. The number of rotatable bonds is 11. The average molecular weight is 1170 g/mol. The molecule has 1 N–H and O–H groups in total. The van der Waals surface area contributed by atoms with Crippen molar-refractivity contribution < 1.29 is 91.5 Å². The van der Waals surface area contributed by atoms with E-state index in [0.717, 1.165) is 36.8 Å². The SMILES string of the molecule is COC(=O)CC1CC(=O)C1.COC(=O)CC1CC(O)(c2ccc(Cl)c(F)c2)C1.COC(=O)CC1CC(c2ccc(Cl)c(F)c2)C1.COC(=O)CC1CC(c2ccc(Cl)c(F)c2)C1.Fc1c[c-]ccc1Cl.[2H][2H].[2H][2H].[2H][2H].[Br-].[Mg+2]. The topological polar surface area (TPSA) is 143 Å². The van der Waals surface area contributed by atoms with Gasteiger partial charge in [-0.2, -0.15) is 12.1 Å². The molecule has 0 aromatic heterocycles. The summed E-state index contributed by atoms with van der Waals surface area (Å²) in [6.07, 6.45) is 7.26.